The third kappa shape index (κ3) is 5.72. The Labute approximate surface area is 234 Å². The molecule has 8 nitrogen and oxygen atoms in total. The van der Waals surface area contributed by atoms with Crippen molar-refractivity contribution in [3.63, 3.8) is 0 Å². The molecule has 0 bridgehead atoms. The lowest BCUT2D eigenvalue weighted by Crippen LogP contribution is -2.36. The first-order valence-corrected chi connectivity index (χ1v) is 14.2. The van der Waals surface area contributed by atoms with Gasteiger partial charge in [-0.25, -0.2) is 4.52 Å². The number of aliphatic hydroxyl groups is 1. The first kappa shape index (κ1) is 27.8. The molecule has 0 radical (unpaired) electrons. The van der Waals surface area contributed by atoms with Crippen LogP contribution >= 0.6 is 0 Å². The molecule has 2 heterocycles. The van der Waals surface area contributed by atoms with Gasteiger partial charge < -0.3 is 9.84 Å². The van der Waals surface area contributed by atoms with Crippen LogP contribution in [0.4, 0.5) is 0 Å². The number of benzene rings is 2. The Bertz CT molecular complexity index is 1570. The lowest BCUT2D eigenvalue weighted by molar-refractivity contribution is -0.0654. The van der Waals surface area contributed by atoms with Gasteiger partial charge in [0.2, 0.25) is 5.78 Å². The second-order valence-corrected chi connectivity index (χ2v) is 11.4. The van der Waals surface area contributed by atoms with E-state index in [1.54, 1.807) is 13.8 Å². The van der Waals surface area contributed by atoms with Crippen LogP contribution in [0.1, 0.15) is 81.3 Å². The summed E-state index contributed by atoms with van der Waals surface area (Å²) in [5.41, 5.74) is 3.85. The standard InChI is InChI=1S/C32H37N5O3/c1-4-9-29-27(18-23-12-8-13-26(28(23)19-33)22-10-6-5-7-11-22)30(38)36(31-34-21-35-37(29)31)24-14-16-25(17-15-24)40-20-32(2,3)39/h5-8,10-13,21,24-25,39H,4,9,14-18,20H2,1-3H3. The van der Waals surface area contributed by atoms with E-state index in [0.29, 0.717) is 29.7 Å². The maximum atomic E-state index is 14.3. The van der Waals surface area contributed by atoms with Crippen molar-refractivity contribution < 1.29 is 9.84 Å². The Morgan fingerprint density at radius 2 is 1.85 bits per heavy atom. The highest BCUT2D eigenvalue weighted by Gasteiger charge is 2.29. The minimum Gasteiger partial charge on any atom is -0.388 e. The summed E-state index contributed by atoms with van der Waals surface area (Å²) in [7, 11) is 0. The Kier molecular flexibility index (Phi) is 8.15. The van der Waals surface area contributed by atoms with Crippen LogP contribution in [0, 0.1) is 11.3 Å². The fraction of sp³-hybridized carbons (Fsp3) is 0.438. The maximum Gasteiger partial charge on any atom is 0.259 e. The Balaban J connectivity index is 1.54. The van der Waals surface area contributed by atoms with E-state index >= 15 is 0 Å². The SMILES string of the molecule is CCCc1c(Cc2cccc(-c3ccccc3)c2C#N)c(=O)n(C2CCC(OCC(C)(C)O)CC2)c2ncnn12. The summed E-state index contributed by atoms with van der Waals surface area (Å²) in [5, 5.41) is 24.8. The molecule has 0 amide bonds. The maximum absolute atomic E-state index is 14.3. The molecule has 5 rings (SSSR count). The summed E-state index contributed by atoms with van der Waals surface area (Å²) in [5.74, 6) is 0.566. The average molecular weight is 540 g/mol. The van der Waals surface area contributed by atoms with Crippen LogP contribution in [0.15, 0.2) is 59.7 Å². The highest BCUT2D eigenvalue weighted by Crippen LogP contribution is 2.32. The third-order valence-electron chi connectivity index (χ3n) is 7.71. The van der Waals surface area contributed by atoms with Gasteiger partial charge in [-0.2, -0.15) is 15.3 Å². The summed E-state index contributed by atoms with van der Waals surface area (Å²) in [6.07, 6.45) is 6.62. The van der Waals surface area contributed by atoms with E-state index < -0.39 is 5.60 Å². The van der Waals surface area contributed by atoms with Crippen LogP contribution in [0.5, 0.6) is 0 Å². The summed E-state index contributed by atoms with van der Waals surface area (Å²) >= 11 is 0. The largest absolute Gasteiger partial charge is 0.388 e. The second-order valence-electron chi connectivity index (χ2n) is 11.4. The molecule has 0 spiro atoms. The van der Waals surface area contributed by atoms with Crippen molar-refractivity contribution in [3.8, 4) is 17.2 Å². The van der Waals surface area contributed by atoms with Gasteiger partial charge in [0.15, 0.2) is 0 Å². The lowest BCUT2D eigenvalue weighted by atomic mass is 9.91. The number of nitriles is 1. The number of hydrogen-bond donors (Lipinski definition) is 1. The molecule has 1 saturated carbocycles. The second kappa shape index (κ2) is 11.7. The quantitative estimate of drug-likeness (QED) is 0.312. The Morgan fingerprint density at radius 1 is 1.10 bits per heavy atom. The van der Waals surface area contributed by atoms with E-state index in [9.17, 15) is 15.2 Å². The van der Waals surface area contributed by atoms with Crippen molar-refractivity contribution >= 4 is 5.78 Å². The molecule has 0 atom stereocenters. The third-order valence-corrected chi connectivity index (χ3v) is 7.71. The normalized spacial score (nSPS) is 17.7. The van der Waals surface area contributed by atoms with Gasteiger partial charge in [-0.15, -0.1) is 0 Å². The molecule has 2 aromatic heterocycles. The van der Waals surface area contributed by atoms with Crippen molar-refractivity contribution in [1.29, 1.82) is 5.26 Å². The average Bonchev–Trinajstić information content (AvgIpc) is 3.43. The van der Waals surface area contributed by atoms with Gasteiger partial charge in [0.25, 0.3) is 5.56 Å². The zero-order valence-corrected chi connectivity index (χ0v) is 23.5. The van der Waals surface area contributed by atoms with Crippen molar-refractivity contribution in [2.45, 2.75) is 83.5 Å². The van der Waals surface area contributed by atoms with Crippen molar-refractivity contribution in [2.24, 2.45) is 0 Å². The molecule has 1 aliphatic carbocycles. The molecule has 1 fully saturated rings. The van der Waals surface area contributed by atoms with Crippen molar-refractivity contribution in [2.75, 3.05) is 6.61 Å². The van der Waals surface area contributed by atoms with E-state index in [1.807, 2.05) is 57.6 Å². The minimum atomic E-state index is -0.869. The molecular formula is C32H37N5O3. The molecule has 0 saturated heterocycles. The van der Waals surface area contributed by atoms with Crippen LogP contribution in [0.2, 0.25) is 0 Å². The van der Waals surface area contributed by atoms with E-state index in [1.165, 1.54) is 6.33 Å². The molecule has 0 aliphatic heterocycles. The predicted molar refractivity (Wildman–Crippen MR) is 154 cm³/mol. The van der Waals surface area contributed by atoms with E-state index in [4.69, 9.17) is 4.74 Å². The molecule has 208 valence electrons. The van der Waals surface area contributed by atoms with Gasteiger partial charge in [0.1, 0.15) is 12.4 Å². The number of aromatic nitrogens is 4. The van der Waals surface area contributed by atoms with Crippen LogP contribution in [0.25, 0.3) is 16.9 Å². The molecular weight excluding hydrogens is 502 g/mol. The van der Waals surface area contributed by atoms with Crippen LogP contribution < -0.4 is 5.56 Å². The zero-order chi connectivity index (χ0) is 28.3. The van der Waals surface area contributed by atoms with Gasteiger partial charge in [-0.1, -0.05) is 61.9 Å². The Morgan fingerprint density at radius 3 is 2.52 bits per heavy atom. The van der Waals surface area contributed by atoms with E-state index in [-0.39, 0.29) is 24.3 Å². The first-order valence-electron chi connectivity index (χ1n) is 14.2. The number of aryl methyl sites for hydroxylation is 1. The molecule has 8 heteroatoms. The van der Waals surface area contributed by atoms with Crippen LogP contribution in [-0.4, -0.2) is 42.6 Å². The van der Waals surface area contributed by atoms with Gasteiger partial charge >= 0.3 is 0 Å². The summed E-state index contributed by atoms with van der Waals surface area (Å²) < 4.78 is 9.60. The van der Waals surface area contributed by atoms with Gasteiger partial charge in [-0.05, 0) is 62.6 Å². The fourth-order valence-electron chi connectivity index (χ4n) is 5.80. The molecule has 1 aliphatic rings. The first-order chi connectivity index (χ1) is 19.3. The topological polar surface area (TPSA) is 105 Å². The summed E-state index contributed by atoms with van der Waals surface area (Å²) in [4.78, 5) is 18.8. The molecule has 1 N–H and O–H groups in total. The molecule has 0 unspecified atom stereocenters. The molecule has 4 aromatic rings. The van der Waals surface area contributed by atoms with Crippen LogP contribution in [0.3, 0.4) is 0 Å². The Hall–Kier alpha value is -3.80. The number of nitrogens with zero attached hydrogens (tertiary/aromatic N) is 5. The van der Waals surface area contributed by atoms with E-state index in [0.717, 1.165) is 54.5 Å². The van der Waals surface area contributed by atoms with Gasteiger partial charge in [0.05, 0.1) is 29.6 Å². The molecule has 2 aromatic carbocycles. The minimum absolute atomic E-state index is 0.0262. The highest BCUT2D eigenvalue weighted by molar-refractivity contribution is 5.72. The summed E-state index contributed by atoms with van der Waals surface area (Å²) in [6, 6.07) is 18.1. The molecule has 40 heavy (non-hydrogen) atoms. The summed E-state index contributed by atoms with van der Waals surface area (Å²) in [6.45, 7) is 5.86. The lowest BCUT2D eigenvalue weighted by Gasteiger charge is -2.32. The zero-order valence-electron chi connectivity index (χ0n) is 23.5. The van der Waals surface area contributed by atoms with Gasteiger partial charge in [-0.3, -0.25) is 9.36 Å². The van der Waals surface area contributed by atoms with Crippen molar-refractivity contribution in [3.05, 3.63) is 87.6 Å². The number of hydrogen-bond acceptors (Lipinski definition) is 6. The number of ether oxygens (including phenoxy) is 1. The smallest absolute Gasteiger partial charge is 0.259 e. The highest BCUT2D eigenvalue weighted by atomic mass is 16.5. The number of fused-ring (bicyclic) bond motifs is 1. The van der Waals surface area contributed by atoms with Crippen molar-refractivity contribution in [1.82, 2.24) is 19.2 Å². The predicted octanol–water partition coefficient (Wildman–Crippen LogP) is 5.24. The fourth-order valence-corrected chi connectivity index (χ4v) is 5.80. The number of rotatable bonds is 9. The van der Waals surface area contributed by atoms with Crippen LogP contribution in [-0.2, 0) is 17.6 Å². The van der Waals surface area contributed by atoms with Gasteiger partial charge in [0, 0.05) is 18.0 Å². The monoisotopic (exact) mass is 539 g/mol. The van der Waals surface area contributed by atoms with E-state index in [2.05, 4.69) is 23.1 Å².